The molecule has 0 spiro atoms. The Morgan fingerprint density at radius 2 is 1.65 bits per heavy atom. The molecule has 1 N–H and O–H groups in total. The quantitative estimate of drug-likeness (QED) is 0.899. The van der Waals surface area contributed by atoms with Gasteiger partial charge in [-0.2, -0.15) is 0 Å². The Kier molecular flexibility index (Phi) is 3.67. The maximum absolute atomic E-state index is 10.2. The first-order valence-electron chi connectivity index (χ1n) is 5.12. The molecular weight excluding hydrogens is 257 g/mol. The summed E-state index contributed by atoms with van der Waals surface area (Å²) in [7, 11) is 0. The lowest BCUT2D eigenvalue weighted by Crippen LogP contribution is -2.00. The monoisotopic (exact) mass is 267 g/mol. The molecule has 17 heavy (non-hydrogen) atoms. The van der Waals surface area contributed by atoms with Gasteiger partial charge in [-0.25, -0.2) is 0 Å². The van der Waals surface area contributed by atoms with Crippen molar-refractivity contribution in [2.24, 2.45) is 0 Å². The minimum atomic E-state index is -0.765. The van der Waals surface area contributed by atoms with Crippen LogP contribution in [0.25, 0.3) is 0 Å². The molecule has 2 aromatic rings. The van der Waals surface area contributed by atoms with Gasteiger partial charge < -0.3 is 5.11 Å². The first-order valence-corrected chi connectivity index (χ1v) is 5.87. The van der Waals surface area contributed by atoms with Crippen LogP contribution in [0.4, 0.5) is 0 Å². The number of halogens is 2. The lowest BCUT2D eigenvalue weighted by molar-refractivity contribution is 0.220. The number of aliphatic hydroxyl groups is 1. The summed E-state index contributed by atoms with van der Waals surface area (Å²) in [6.45, 7) is 1.92. The average molecular weight is 268 g/mol. The third-order valence-corrected chi connectivity index (χ3v) is 2.85. The van der Waals surface area contributed by atoms with E-state index in [1.165, 1.54) is 0 Å². The molecule has 0 aliphatic rings. The fourth-order valence-electron chi connectivity index (χ4n) is 1.65. The van der Waals surface area contributed by atoms with Crippen molar-refractivity contribution in [2.75, 3.05) is 0 Å². The predicted molar refractivity (Wildman–Crippen MR) is 69.5 cm³/mol. The van der Waals surface area contributed by atoms with E-state index in [1.807, 2.05) is 13.0 Å². The molecule has 0 aliphatic heterocycles. The summed E-state index contributed by atoms with van der Waals surface area (Å²) in [5.74, 6) is 0. The third kappa shape index (κ3) is 2.97. The minimum Gasteiger partial charge on any atom is -0.384 e. The second kappa shape index (κ2) is 5.05. The van der Waals surface area contributed by atoms with E-state index in [2.05, 4.69) is 4.98 Å². The fraction of sp³-hybridized carbons (Fsp3) is 0.154. The Morgan fingerprint density at radius 3 is 2.24 bits per heavy atom. The number of hydrogen-bond donors (Lipinski definition) is 1. The molecule has 0 saturated carbocycles. The highest BCUT2D eigenvalue weighted by atomic mass is 35.5. The van der Waals surface area contributed by atoms with Crippen LogP contribution in [0.2, 0.25) is 10.0 Å². The van der Waals surface area contributed by atoms with E-state index in [0.29, 0.717) is 15.6 Å². The van der Waals surface area contributed by atoms with Crippen LogP contribution in [0.3, 0.4) is 0 Å². The topological polar surface area (TPSA) is 33.1 Å². The van der Waals surface area contributed by atoms with Crippen molar-refractivity contribution in [1.29, 1.82) is 0 Å². The number of aryl methyl sites for hydroxylation is 1. The molecule has 0 bridgehead atoms. The molecule has 1 aromatic heterocycles. The molecule has 2 nitrogen and oxygen atoms in total. The summed E-state index contributed by atoms with van der Waals surface area (Å²) in [5.41, 5.74) is 2.38. The highest BCUT2D eigenvalue weighted by Crippen LogP contribution is 2.27. The van der Waals surface area contributed by atoms with Crippen molar-refractivity contribution >= 4 is 23.2 Å². The first-order chi connectivity index (χ1) is 8.06. The van der Waals surface area contributed by atoms with E-state index in [4.69, 9.17) is 23.2 Å². The predicted octanol–water partition coefficient (Wildman–Crippen LogP) is 3.78. The van der Waals surface area contributed by atoms with Gasteiger partial charge in [0.15, 0.2) is 0 Å². The Labute approximate surface area is 110 Å². The van der Waals surface area contributed by atoms with Crippen LogP contribution in [0, 0.1) is 6.92 Å². The van der Waals surface area contributed by atoms with Crippen LogP contribution in [0.15, 0.2) is 36.7 Å². The normalized spacial score (nSPS) is 12.5. The van der Waals surface area contributed by atoms with E-state index in [9.17, 15) is 5.11 Å². The molecule has 0 radical (unpaired) electrons. The highest BCUT2D eigenvalue weighted by molar-refractivity contribution is 6.34. The summed E-state index contributed by atoms with van der Waals surface area (Å²) >= 11 is 11.8. The largest absolute Gasteiger partial charge is 0.384 e. The zero-order chi connectivity index (χ0) is 12.4. The number of benzene rings is 1. The molecule has 2 rings (SSSR count). The maximum atomic E-state index is 10.2. The van der Waals surface area contributed by atoms with Crippen LogP contribution >= 0.6 is 23.2 Å². The van der Waals surface area contributed by atoms with Gasteiger partial charge in [0.2, 0.25) is 0 Å². The van der Waals surface area contributed by atoms with Crippen LogP contribution in [0.5, 0.6) is 0 Å². The van der Waals surface area contributed by atoms with Gasteiger partial charge in [0, 0.05) is 28.0 Å². The van der Waals surface area contributed by atoms with E-state index >= 15 is 0 Å². The Hall–Kier alpha value is -1.09. The molecule has 4 heteroatoms. The SMILES string of the molecule is Cc1cncc(C(O)c2cc(Cl)cc(Cl)c2)c1. The van der Waals surface area contributed by atoms with Crippen LogP contribution in [0.1, 0.15) is 22.8 Å². The maximum Gasteiger partial charge on any atom is 0.106 e. The second-order valence-corrected chi connectivity index (χ2v) is 4.77. The smallest absolute Gasteiger partial charge is 0.106 e. The first kappa shape index (κ1) is 12.4. The molecule has 0 saturated heterocycles. The number of hydrogen-bond acceptors (Lipinski definition) is 2. The van der Waals surface area contributed by atoms with Crippen LogP contribution < -0.4 is 0 Å². The number of pyridine rings is 1. The molecule has 1 heterocycles. The number of aliphatic hydroxyl groups excluding tert-OH is 1. The number of rotatable bonds is 2. The Morgan fingerprint density at radius 1 is 1.00 bits per heavy atom. The van der Waals surface area contributed by atoms with Gasteiger partial charge >= 0.3 is 0 Å². The molecule has 88 valence electrons. The number of aromatic nitrogens is 1. The molecule has 1 unspecified atom stereocenters. The Balaban J connectivity index is 2.39. The zero-order valence-electron chi connectivity index (χ0n) is 9.19. The Bertz CT molecular complexity index is 522. The van der Waals surface area contributed by atoms with Gasteiger partial charge in [-0.1, -0.05) is 29.3 Å². The van der Waals surface area contributed by atoms with Crippen molar-refractivity contribution in [1.82, 2.24) is 4.98 Å². The summed E-state index contributed by atoms with van der Waals surface area (Å²) in [6.07, 6.45) is 2.60. The van der Waals surface area contributed by atoms with Crippen molar-refractivity contribution < 1.29 is 5.11 Å². The summed E-state index contributed by atoms with van der Waals surface area (Å²) in [5, 5.41) is 11.2. The second-order valence-electron chi connectivity index (χ2n) is 3.90. The van der Waals surface area contributed by atoms with Crippen molar-refractivity contribution in [3.63, 3.8) is 0 Å². The lowest BCUT2D eigenvalue weighted by Gasteiger charge is -2.12. The molecule has 1 aromatic carbocycles. The minimum absolute atomic E-state index is 0.507. The van der Waals surface area contributed by atoms with Crippen molar-refractivity contribution in [2.45, 2.75) is 13.0 Å². The van der Waals surface area contributed by atoms with Gasteiger partial charge in [0.25, 0.3) is 0 Å². The van der Waals surface area contributed by atoms with E-state index in [-0.39, 0.29) is 0 Å². The zero-order valence-corrected chi connectivity index (χ0v) is 10.7. The molecule has 0 fully saturated rings. The third-order valence-electron chi connectivity index (χ3n) is 2.41. The summed E-state index contributed by atoms with van der Waals surface area (Å²) < 4.78 is 0. The summed E-state index contributed by atoms with van der Waals surface area (Å²) in [4.78, 5) is 4.05. The van der Waals surface area contributed by atoms with E-state index in [1.54, 1.807) is 30.6 Å². The van der Waals surface area contributed by atoms with E-state index < -0.39 is 6.10 Å². The van der Waals surface area contributed by atoms with Gasteiger partial charge in [-0.05, 0) is 36.2 Å². The average Bonchev–Trinajstić information content (AvgIpc) is 2.26. The van der Waals surface area contributed by atoms with Crippen molar-refractivity contribution in [3.8, 4) is 0 Å². The van der Waals surface area contributed by atoms with Crippen LogP contribution in [-0.2, 0) is 0 Å². The standard InChI is InChI=1S/C13H11Cl2NO/c1-8-2-10(7-16-6-8)13(17)9-3-11(14)5-12(15)4-9/h2-7,13,17H,1H3. The lowest BCUT2D eigenvalue weighted by atomic mass is 10.0. The van der Waals surface area contributed by atoms with Gasteiger partial charge in [0.05, 0.1) is 0 Å². The fourth-order valence-corrected chi connectivity index (χ4v) is 2.20. The van der Waals surface area contributed by atoms with Crippen LogP contribution in [-0.4, -0.2) is 10.1 Å². The number of nitrogens with zero attached hydrogens (tertiary/aromatic N) is 1. The van der Waals surface area contributed by atoms with Crippen molar-refractivity contribution in [3.05, 3.63) is 63.4 Å². The molecule has 1 atom stereocenters. The highest BCUT2D eigenvalue weighted by Gasteiger charge is 2.12. The molecule has 0 aliphatic carbocycles. The van der Waals surface area contributed by atoms with Gasteiger partial charge in [-0.3, -0.25) is 4.98 Å². The van der Waals surface area contributed by atoms with Gasteiger partial charge in [0.1, 0.15) is 6.10 Å². The summed E-state index contributed by atoms with van der Waals surface area (Å²) in [6, 6.07) is 6.90. The molecule has 0 amide bonds. The van der Waals surface area contributed by atoms with Gasteiger partial charge in [-0.15, -0.1) is 0 Å². The van der Waals surface area contributed by atoms with E-state index in [0.717, 1.165) is 11.1 Å². The molecular formula is C13H11Cl2NO.